The molecule has 0 spiro atoms. The summed E-state index contributed by atoms with van der Waals surface area (Å²) in [5.41, 5.74) is 1.65. The highest BCUT2D eigenvalue weighted by molar-refractivity contribution is 6.07. The number of benzene rings is 1. The van der Waals surface area contributed by atoms with E-state index in [-0.39, 0.29) is 5.78 Å². The monoisotopic (exact) mass is 280 g/mol. The summed E-state index contributed by atoms with van der Waals surface area (Å²) in [5, 5.41) is 16.8. The first-order chi connectivity index (χ1) is 10.1. The fraction of sp³-hybridized carbons (Fsp3) is 0.0667. The van der Waals surface area contributed by atoms with Crippen molar-refractivity contribution in [3.63, 3.8) is 0 Å². The Morgan fingerprint density at radius 2 is 2.10 bits per heavy atom. The van der Waals surface area contributed by atoms with Crippen LogP contribution in [0.4, 0.5) is 4.39 Å². The van der Waals surface area contributed by atoms with E-state index in [4.69, 9.17) is 5.26 Å². The van der Waals surface area contributed by atoms with Crippen molar-refractivity contribution in [3.05, 3.63) is 53.6 Å². The Bertz CT molecular complexity index is 890. The summed E-state index contributed by atoms with van der Waals surface area (Å²) in [5.74, 6) is -0.392. The van der Waals surface area contributed by atoms with Gasteiger partial charge < -0.3 is 0 Å². The van der Waals surface area contributed by atoms with E-state index >= 15 is 0 Å². The molecule has 5 nitrogen and oxygen atoms in total. The lowest BCUT2D eigenvalue weighted by Crippen LogP contribution is -1.99. The molecule has 0 N–H and O–H groups in total. The summed E-state index contributed by atoms with van der Waals surface area (Å²) in [6, 6.07) is 9.75. The molecule has 0 bridgehead atoms. The van der Waals surface area contributed by atoms with Gasteiger partial charge in [-0.15, -0.1) is 10.2 Å². The zero-order valence-corrected chi connectivity index (χ0v) is 11.0. The van der Waals surface area contributed by atoms with Gasteiger partial charge in [0.05, 0.1) is 17.1 Å². The molecule has 0 amide bonds. The average Bonchev–Trinajstić information content (AvgIpc) is 2.87. The zero-order chi connectivity index (χ0) is 15.0. The largest absolute Gasteiger partial charge is 0.299 e. The normalized spacial score (nSPS) is 10.5. The van der Waals surface area contributed by atoms with Crippen molar-refractivity contribution in [1.82, 2.24) is 14.8 Å². The molecule has 21 heavy (non-hydrogen) atoms. The topological polar surface area (TPSA) is 71.6 Å². The number of hydrogen-bond donors (Lipinski definition) is 0. The van der Waals surface area contributed by atoms with E-state index in [1.807, 2.05) is 6.07 Å². The predicted molar refractivity (Wildman–Crippen MR) is 73.5 cm³/mol. The molecule has 3 rings (SSSR count). The molecule has 2 aromatic heterocycles. The molecule has 6 heteroatoms. The lowest BCUT2D eigenvalue weighted by atomic mass is 10.1. The predicted octanol–water partition coefficient (Wildman–Crippen LogP) is 2.63. The molecule has 0 fully saturated rings. The van der Waals surface area contributed by atoms with E-state index in [1.54, 1.807) is 29.0 Å². The maximum Gasteiger partial charge on any atom is 0.233 e. The van der Waals surface area contributed by atoms with E-state index in [0.717, 1.165) is 0 Å². The minimum absolute atomic E-state index is 0.121. The number of fused-ring (bicyclic) bond motifs is 1. The van der Waals surface area contributed by atoms with E-state index in [0.29, 0.717) is 27.8 Å². The van der Waals surface area contributed by atoms with Crippen LogP contribution in [0.1, 0.15) is 22.8 Å². The average molecular weight is 280 g/mol. The van der Waals surface area contributed by atoms with Gasteiger partial charge in [-0.2, -0.15) is 9.65 Å². The Hall–Kier alpha value is -3.07. The number of nitriles is 1. The van der Waals surface area contributed by atoms with Gasteiger partial charge in [-0.1, -0.05) is 0 Å². The fourth-order valence-corrected chi connectivity index (χ4v) is 2.21. The minimum atomic E-state index is -0.672. The van der Waals surface area contributed by atoms with E-state index in [2.05, 4.69) is 10.2 Å². The Balaban J connectivity index is 2.31. The Morgan fingerprint density at radius 1 is 1.29 bits per heavy atom. The van der Waals surface area contributed by atoms with Crippen LogP contribution in [0.3, 0.4) is 0 Å². The highest BCUT2D eigenvalue weighted by Crippen LogP contribution is 2.25. The molecule has 0 radical (unpaired) electrons. The number of aromatic nitrogens is 3. The molecule has 0 aliphatic carbocycles. The second kappa shape index (κ2) is 4.80. The van der Waals surface area contributed by atoms with E-state index in [9.17, 15) is 9.18 Å². The van der Waals surface area contributed by atoms with Crippen molar-refractivity contribution in [2.75, 3.05) is 0 Å². The van der Waals surface area contributed by atoms with Crippen LogP contribution in [0.15, 0.2) is 36.5 Å². The molecular formula is C15H9FN4O. The van der Waals surface area contributed by atoms with Crippen molar-refractivity contribution < 1.29 is 9.18 Å². The van der Waals surface area contributed by atoms with Gasteiger partial charge in [-0.25, -0.2) is 0 Å². The van der Waals surface area contributed by atoms with Gasteiger partial charge >= 0.3 is 0 Å². The SMILES string of the molecule is CC(=O)c1cn(-c2ccc(F)nn2)c2ccc(C#N)cc12. The van der Waals surface area contributed by atoms with Gasteiger partial charge in [0.25, 0.3) is 0 Å². The summed E-state index contributed by atoms with van der Waals surface area (Å²) < 4.78 is 14.5. The van der Waals surface area contributed by atoms with Crippen LogP contribution in [-0.4, -0.2) is 20.5 Å². The number of Topliss-reactive ketones (excluding diaryl/α,β-unsaturated/α-hetero) is 1. The van der Waals surface area contributed by atoms with Gasteiger partial charge in [-0.3, -0.25) is 9.36 Å². The quantitative estimate of drug-likeness (QED) is 0.676. The number of halogens is 1. The van der Waals surface area contributed by atoms with Crippen LogP contribution in [0.2, 0.25) is 0 Å². The molecule has 2 heterocycles. The molecule has 0 aliphatic rings. The molecule has 0 unspecified atom stereocenters. The lowest BCUT2D eigenvalue weighted by molar-refractivity contribution is 0.101. The van der Waals surface area contributed by atoms with Gasteiger partial charge in [0.1, 0.15) is 0 Å². The van der Waals surface area contributed by atoms with Crippen LogP contribution in [-0.2, 0) is 0 Å². The van der Waals surface area contributed by atoms with Crippen LogP contribution < -0.4 is 0 Å². The first-order valence-corrected chi connectivity index (χ1v) is 6.16. The summed E-state index contributed by atoms with van der Waals surface area (Å²) in [7, 11) is 0. The Kier molecular flexibility index (Phi) is 2.95. The van der Waals surface area contributed by atoms with Crippen LogP contribution in [0.25, 0.3) is 16.7 Å². The lowest BCUT2D eigenvalue weighted by Gasteiger charge is -2.02. The third-order valence-electron chi connectivity index (χ3n) is 3.18. The van der Waals surface area contributed by atoms with Crippen LogP contribution >= 0.6 is 0 Å². The van der Waals surface area contributed by atoms with Crippen molar-refractivity contribution >= 4 is 16.7 Å². The maximum atomic E-state index is 12.9. The maximum absolute atomic E-state index is 12.9. The van der Waals surface area contributed by atoms with Gasteiger partial charge in [0, 0.05) is 17.1 Å². The van der Waals surface area contributed by atoms with Gasteiger partial charge in [0.2, 0.25) is 5.95 Å². The second-order valence-corrected chi connectivity index (χ2v) is 4.53. The summed E-state index contributed by atoms with van der Waals surface area (Å²) in [6.07, 6.45) is 1.62. The third kappa shape index (κ3) is 2.15. The first-order valence-electron chi connectivity index (χ1n) is 6.16. The van der Waals surface area contributed by atoms with Crippen molar-refractivity contribution in [2.45, 2.75) is 6.92 Å². The molecule has 102 valence electrons. The van der Waals surface area contributed by atoms with Crippen molar-refractivity contribution in [3.8, 4) is 11.9 Å². The number of hydrogen-bond acceptors (Lipinski definition) is 4. The first kappa shape index (κ1) is 12.9. The molecular weight excluding hydrogens is 271 g/mol. The molecule has 3 aromatic rings. The highest BCUT2D eigenvalue weighted by Gasteiger charge is 2.14. The fourth-order valence-electron chi connectivity index (χ4n) is 2.21. The van der Waals surface area contributed by atoms with Gasteiger partial charge in [0.15, 0.2) is 11.6 Å². The summed E-state index contributed by atoms with van der Waals surface area (Å²) in [4.78, 5) is 11.8. The smallest absolute Gasteiger partial charge is 0.233 e. The van der Waals surface area contributed by atoms with E-state index < -0.39 is 5.95 Å². The number of nitrogens with zero attached hydrogens (tertiary/aromatic N) is 4. The van der Waals surface area contributed by atoms with Crippen molar-refractivity contribution in [2.24, 2.45) is 0 Å². The van der Waals surface area contributed by atoms with Crippen LogP contribution in [0, 0.1) is 17.3 Å². The number of carbonyl (C=O) groups excluding carboxylic acids is 1. The minimum Gasteiger partial charge on any atom is -0.299 e. The summed E-state index contributed by atoms with van der Waals surface area (Å²) >= 11 is 0. The molecule has 0 saturated heterocycles. The number of ketones is 1. The van der Waals surface area contributed by atoms with Crippen molar-refractivity contribution in [1.29, 1.82) is 5.26 Å². The Labute approximate surface area is 119 Å². The number of carbonyl (C=O) groups is 1. The molecule has 0 saturated carbocycles. The number of rotatable bonds is 2. The Morgan fingerprint density at radius 3 is 2.71 bits per heavy atom. The van der Waals surface area contributed by atoms with E-state index in [1.165, 1.54) is 19.1 Å². The summed E-state index contributed by atoms with van der Waals surface area (Å²) in [6.45, 7) is 1.45. The highest BCUT2D eigenvalue weighted by atomic mass is 19.1. The standard InChI is InChI=1S/C15H9FN4O/c1-9(21)12-8-20(15-5-4-14(16)18-19-15)13-3-2-10(7-17)6-11(12)13/h2-6,8H,1H3. The molecule has 1 aromatic carbocycles. The third-order valence-corrected chi connectivity index (χ3v) is 3.18. The molecule has 0 aliphatic heterocycles. The second-order valence-electron chi connectivity index (χ2n) is 4.53. The van der Waals surface area contributed by atoms with Gasteiger partial charge in [-0.05, 0) is 37.3 Å². The zero-order valence-electron chi connectivity index (χ0n) is 11.0. The van der Waals surface area contributed by atoms with Crippen LogP contribution in [0.5, 0.6) is 0 Å². The molecule has 0 atom stereocenters.